The fraction of sp³-hybridized carbons (Fsp3) is 0.357. The molecule has 0 radical (unpaired) electrons. The second-order valence-electron chi connectivity index (χ2n) is 5.08. The van der Waals surface area contributed by atoms with Crippen LogP contribution in [0.2, 0.25) is 0 Å². The molecule has 0 atom stereocenters. The highest BCUT2D eigenvalue weighted by Gasteiger charge is 2.32. The van der Waals surface area contributed by atoms with Crippen LogP contribution in [0.5, 0.6) is 0 Å². The first-order valence-electron chi connectivity index (χ1n) is 5.64. The Balaban J connectivity index is 2.72. The summed E-state index contributed by atoms with van der Waals surface area (Å²) >= 11 is 0. The molecular formula is C14H17NO2. The SMILES string of the molecule is Cc1ccc2c(c1)cc(C(C)(C)C(=O)O)n2C. The maximum Gasteiger partial charge on any atom is 0.315 e. The Labute approximate surface area is 101 Å². The number of carboxylic acid groups (broad SMARTS) is 1. The highest BCUT2D eigenvalue weighted by atomic mass is 16.4. The number of hydrogen-bond donors (Lipinski definition) is 1. The fourth-order valence-corrected chi connectivity index (χ4v) is 2.18. The molecule has 90 valence electrons. The van der Waals surface area contributed by atoms with E-state index in [0.717, 1.165) is 16.6 Å². The number of nitrogens with zero attached hydrogens (tertiary/aromatic N) is 1. The van der Waals surface area contributed by atoms with Crippen LogP contribution in [0.3, 0.4) is 0 Å². The minimum Gasteiger partial charge on any atom is -0.481 e. The number of aryl methyl sites for hydroxylation is 2. The average molecular weight is 231 g/mol. The van der Waals surface area contributed by atoms with Gasteiger partial charge in [0.25, 0.3) is 0 Å². The van der Waals surface area contributed by atoms with Crippen LogP contribution in [0.15, 0.2) is 24.3 Å². The molecule has 0 spiro atoms. The van der Waals surface area contributed by atoms with E-state index in [-0.39, 0.29) is 0 Å². The third kappa shape index (κ3) is 1.71. The lowest BCUT2D eigenvalue weighted by Crippen LogP contribution is -2.30. The summed E-state index contributed by atoms with van der Waals surface area (Å²) in [7, 11) is 1.91. The smallest absolute Gasteiger partial charge is 0.315 e. The summed E-state index contributed by atoms with van der Waals surface area (Å²) in [4.78, 5) is 11.3. The van der Waals surface area contributed by atoms with Gasteiger partial charge in [0, 0.05) is 23.6 Å². The first-order valence-corrected chi connectivity index (χ1v) is 5.64. The zero-order chi connectivity index (χ0) is 12.8. The number of carboxylic acids is 1. The Kier molecular flexibility index (Phi) is 2.49. The van der Waals surface area contributed by atoms with Crippen molar-refractivity contribution < 1.29 is 9.90 Å². The Morgan fingerprint density at radius 1 is 1.29 bits per heavy atom. The number of benzene rings is 1. The van der Waals surface area contributed by atoms with E-state index >= 15 is 0 Å². The Bertz CT molecular complexity index is 594. The molecule has 17 heavy (non-hydrogen) atoms. The van der Waals surface area contributed by atoms with Crippen LogP contribution in [0.25, 0.3) is 10.9 Å². The first-order chi connectivity index (χ1) is 7.84. The number of aliphatic carboxylic acids is 1. The van der Waals surface area contributed by atoms with Crippen molar-refractivity contribution in [1.29, 1.82) is 0 Å². The minimum atomic E-state index is -0.873. The summed E-state index contributed by atoms with van der Waals surface area (Å²) in [5.74, 6) is -0.805. The average Bonchev–Trinajstić information content (AvgIpc) is 2.55. The van der Waals surface area contributed by atoms with Gasteiger partial charge in [-0.1, -0.05) is 11.6 Å². The molecule has 0 bridgehead atoms. The van der Waals surface area contributed by atoms with Crippen molar-refractivity contribution in [2.75, 3.05) is 0 Å². The lowest BCUT2D eigenvalue weighted by molar-refractivity contribution is -0.142. The molecule has 0 saturated carbocycles. The van der Waals surface area contributed by atoms with Gasteiger partial charge in [-0.05, 0) is 39.0 Å². The van der Waals surface area contributed by atoms with Crippen LogP contribution in [0.4, 0.5) is 0 Å². The van der Waals surface area contributed by atoms with Crippen molar-refractivity contribution in [3.63, 3.8) is 0 Å². The quantitative estimate of drug-likeness (QED) is 0.863. The second-order valence-corrected chi connectivity index (χ2v) is 5.08. The molecule has 1 aromatic carbocycles. The first kappa shape index (κ1) is 11.7. The van der Waals surface area contributed by atoms with Gasteiger partial charge >= 0.3 is 5.97 Å². The van der Waals surface area contributed by atoms with Crippen LogP contribution >= 0.6 is 0 Å². The molecule has 2 rings (SSSR count). The van der Waals surface area contributed by atoms with E-state index in [2.05, 4.69) is 6.07 Å². The molecule has 1 aromatic heterocycles. The molecule has 0 aliphatic carbocycles. The van der Waals surface area contributed by atoms with Gasteiger partial charge in [0.2, 0.25) is 0 Å². The zero-order valence-electron chi connectivity index (χ0n) is 10.6. The van der Waals surface area contributed by atoms with E-state index in [4.69, 9.17) is 0 Å². The van der Waals surface area contributed by atoms with Gasteiger partial charge in [-0.15, -0.1) is 0 Å². The summed E-state index contributed by atoms with van der Waals surface area (Å²) in [6.07, 6.45) is 0. The lowest BCUT2D eigenvalue weighted by atomic mass is 9.89. The molecule has 0 fully saturated rings. The summed E-state index contributed by atoms with van der Waals surface area (Å²) in [6.45, 7) is 5.50. The predicted octanol–water partition coefficient (Wildman–Crippen LogP) is 2.85. The summed E-state index contributed by atoms with van der Waals surface area (Å²) in [6, 6.07) is 8.12. The van der Waals surface area contributed by atoms with Crippen LogP contribution in [0, 0.1) is 6.92 Å². The number of hydrogen-bond acceptors (Lipinski definition) is 1. The molecule has 3 nitrogen and oxygen atoms in total. The molecule has 0 amide bonds. The van der Waals surface area contributed by atoms with Gasteiger partial charge in [0.05, 0.1) is 0 Å². The lowest BCUT2D eigenvalue weighted by Gasteiger charge is -2.20. The van der Waals surface area contributed by atoms with Gasteiger partial charge in [-0.3, -0.25) is 4.79 Å². The van der Waals surface area contributed by atoms with Crippen molar-refractivity contribution in [2.45, 2.75) is 26.2 Å². The van der Waals surface area contributed by atoms with Crippen molar-refractivity contribution in [3.05, 3.63) is 35.5 Å². The van der Waals surface area contributed by atoms with E-state index in [1.54, 1.807) is 13.8 Å². The standard InChI is InChI=1S/C14H17NO2/c1-9-5-6-11-10(7-9)8-12(15(11)4)14(2,3)13(16)17/h5-8H,1-4H3,(H,16,17). The number of aromatic nitrogens is 1. The van der Waals surface area contributed by atoms with E-state index in [0.29, 0.717) is 0 Å². The van der Waals surface area contributed by atoms with Crippen molar-refractivity contribution in [2.24, 2.45) is 7.05 Å². The van der Waals surface area contributed by atoms with Crippen LogP contribution in [0.1, 0.15) is 25.1 Å². The van der Waals surface area contributed by atoms with Crippen molar-refractivity contribution >= 4 is 16.9 Å². The molecular weight excluding hydrogens is 214 g/mol. The monoisotopic (exact) mass is 231 g/mol. The topological polar surface area (TPSA) is 42.2 Å². The molecule has 2 aromatic rings. The Morgan fingerprint density at radius 3 is 2.53 bits per heavy atom. The molecule has 1 N–H and O–H groups in total. The van der Waals surface area contributed by atoms with Gasteiger partial charge in [-0.2, -0.15) is 0 Å². The van der Waals surface area contributed by atoms with E-state index in [9.17, 15) is 9.90 Å². The normalized spacial score (nSPS) is 12.0. The van der Waals surface area contributed by atoms with Gasteiger partial charge in [-0.25, -0.2) is 0 Å². The van der Waals surface area contributed by atoms with Crippen molar-refractivity contribution in [3.8, 4) is 0 Å². The molecule has 0 unspecified atom stereocenters. The highest BCUT2D eigenvalue weighted by molar-refractivity contribution is 5.87. The fourth-order valence-electron chi connectivity index (χ4n) is 2.18. The van der Waals surface area contributed by atoms with E-state index in [1.165, 1.54) is 5.56 Å². The van der Waals surface area contributed by atoms with Gasteiger partial charge < -0.3 is 9.67 Å². The van der Waals surface area contributed by atoms with Crippen LogP contribution in [-0.2, 0) is 17.3 Å². The molecule has 1 heterocycles. The third-order valence-corrected chi connectivity index (χ3v) is 3.37. The summed E-state index contributed by atoms with van der Waals surface area (Å²) < 4.78 is 1.96. The minimum absolute atomic E-state index is 0.805. The Hall–Kier alpha value is -1.77. The molecule has 0 saturated heterocycles. The second kappa shape index (κ2) is 3.62. The van der Waals surface area contributed by atoms with Crippen molar-refractivity contribution in [1.82, 2.24) is 4.57 Å². The largest absolute Gasteiger partial charge is 0.481 e. The molecule has 0 aliphatic heterocycles. The number of fused-ring (bicyclic) bond motifs is 1. The number of rotatable bonds is 2. The summed E-state index contributed by atoms with van der Waals surface area (Å²) in [5.41, 5.74) is 2.20. The Morgan fingerprint density at radius 2 is 1.94 bits per heavy atom. The van der Waals surface area contributed by atoms with Gasteiger partial charge in [0.1, 0.15) is 5.41 Å². The molecule has 3 heteroatoms. The maximum absolute atomic E-state index is 11.3. The zero-order valence-corrected chi connectivity index (χ0v) is 10.6. The van der Waals surface area contributed by atoms with Gasteiger partial charge in [0.15, 0.2) is 0 Å². The summed E-state index contributed by atoms with van der Waals surface area (Å²) in [5, 5.41) is 10.4. The third-order valence-electron chi connectivity index (χ3n) is 3.37. The predicted molar refractivity (Wildman–Crippen MR) is 68.3 cm³/mol. The van der Waals surface area contributed by atoms with E-state index in [1.807, 2.05) is 36.7 Å². The number of carbonyl (C=O) groups is 1. The van der Waals surface area contributed by atoms with Crippen LogP contribution < -0.4 is 0 Å². The van der Waals surface area contributed by atoms with Crippen LogP contribution in [-0.4, -0.2) is 15.6 Å². The maximum atomic E-state index is 11.3. The van der Waals surface area contributed by atoms with E-state index < -0.39 is 11.4 Å². The highest BCUT2D eigenvalue weighted by Crippen LogP contribution is 2.29. The molecule has 0 aliphatic rings.